The quantitative estimate of drug-likeness (QED) is 0.460. The van der Waals surface area contributed by atoms with Crippen LogP contribution in [-0.2, 0) is 0 Å². The average molecular weight is 277 g/mol. The van der Waals surface area contributed by atoms with E-state index in [1.807, 2.05) is 0 Å². The molecule has 0 saturated heterocycles. The summed E-state index contributed by atoms with van der Waals surface area (Å²) in [7, 11) is 0. The molecule has 0 amide bonds. The fraction of sp³-hybridized carbons (Fsp3) is 1.00. The number of hydrogen-bond donors (Lipinski definition) is 0. The van der Waals surface area contributed by atoms with Gasteiger partial charge in [-0.1, -0.05) is 103 Å². The first-order valence-corrected chi connectivity index (χ1v) is 9.93. The predicted molar refractivity (Wildman–Crippen MR) is 87.8 cm³/mol. The third-order valence-electron chi connectivity index (χ3n) is 6.93. The molecular formula is C20H36. The van der Waals surface area contributed by atoms with Crippen molar-refractivity contribution >= 4 is 0 Å². The van der Waals surface area contributed by atoms with Gasteiger partial charge in [-0.3, -0.25) is 0 Å². The summed E-state index contributed by atoms with van der Waals surface area (Å²) < 4.78 is 0. The van der Waals surface area contributed by atoms with E-state index in [4.69, 9.17) is 0 Å². The lowest BCUT2D eigenvalue weighted by molar-refractivity contribution is 0.171. The van der Waals surface area contributed by atoms with Crippen molar-refractivity contribution < 1.29 is 0 Å². The molecule has 0 unspecified atom stereocenters. The smallest absolute Gasteiger partial charge is 0.0386 e. The standard InChI is InChI=1S/2C10H18/c2*1-2-6-10-8-4-3-7-9(10)5-1/h2*9-10H,1-8H2/t9-,10+;9-,10-. The number of fused-ring (bicyclic) bond motifs is 2. The van der Waals surface area contributed by atoms with Crippen LogP contribution in [0.25, 0.3) is 0 Å². The Morgan fingerprint density at radius 1 is 0.250 bits per heavy atom. The minimum absolute atomic E-state index is 1.16. The summed E-state index contributed by atoms with van der Waals surface area (Å²) in [5, 5.41) is 0. The van der Waals surface area contributed by atoms with Gasteiger partial charge in [-0.25, -0.2) is 0 Å². The molecule has 4 aliphatic carbocycles. The van der Waals surface area contributed by atoms with E-state index in [1.165, 1.54) is 51.4 Å². The molecule has 0 N–H and O–H groups in total. The summed E-state index contributed by atoms with van der Waals surface area (Å²) in [4.78, 5) is 0. The van der Waals surface area contributed by atoms with Crippen molar-refractivity contribution in [3.63, 3.8) is 0 Å². The summed E-state index contributed by atoms with van der Waals surface area (Å²) in [5.74, 6) is 4.62. The second kappa shape index (κ2) is 7.85. The Balaban J connectivity index is 0.000000121. The molecule has 0 nitrogen and oxygen atoms in total. The highest BCUT2D eigenvalue weighted by Gasteiger charge is 2.27. The summed E-state index contributed by atoms with van der Waals surface area (Å²) in [6, 6.07) is 0. The second-order valence-corrected chi connectivity index (χ2v) is 8.18. The molecule has 0 heteroatoms. The Morgan fingerprint density at radius 3 is 0.550 bits per heavy atom. The predicted octanol–water partition coefficient (Wildman–Crippen LogP) is 6.73. The third kappa shape index (κ3) is 4.01. The first-order valence-electron chi connectivity index (χ1n) is 9.93. The maximum Gasteiger partial charge on any atom is -0.0386 e. The highest BCUT2D eigenvalue weighted by atomic mass is 14.3. The third-order valence-corrected chi connectivity index (χ3v) is 6.93. The zero-order valence-electron chi connectivity index (χ0n) is 13.6. The summed E-state index contributed by atoms with van der Waals surface area (Å²) in [5.41, 5.74) is 0. The lowest BCUT2D eigenvalue weighted by atomic mass is 9.71. The van der Waals surface area contributed by atoms with Crippen LogP contribution < -0.4 is 0 Å². The SMILES string of the molecule is C1CC[C@H]2CCCC[C@@H]2C1.C1CC[C@H]2CCCC[C@H]2C1. The topological polar surface area (TPSA) is 0 Å². The van der Waals surface area contributed by atoms with Gasteiger partial charge in [-0.2, -0.15) is 0 Å². The van der Waals surface area contributed by atoms with Gasteiger partial charge in [0.25, 0.3) is 0 Å². The second-order valence-electron chi connectivity index (χ2n) is 8.18. The van der Waals surface area contributed by atoms with Gasteiger partial charge in [0.1, 0.15) is 0 Å². The van der Waals surface area contributed by atoms with Crippen molar-refractivity contribution in [1.82, 2.24) is 0 Å². The molecule has 4 aliphatic rings. The highest BCUT2D eigenvalue weighted by Crippen LogP contribution is 2.40. The van der Waals surface area contributed by atoms with Gasteiger partial charge in [0.15, 0.2) is 0 Å². The van der Waals surface area contributed by atoms with E-state index < -0.39 is 0 Å². The molecule has 0 bridgehead atoms. The van der Waals surface area contributed by atoms with Gasteiger partial charge in [-0.15, -0.1) is 0 Å². The first kappa shape index (κ1) is 14.9. The lowest BCUT2D eigenvalue weighted by Crippen LogP contribution is -2.22. The van der Waals surface area contributed by atoms with Crippen LogP contribution >= 0.6 is 0 Å². The van der Waals surface area contributed by atoms with Crippen LogP contribution in [0.3, 0.4) is 0 Å². The van der Waals surface area contributed by atoms with Gasteiger partial charge >= 0.3 is 0 Å². The number of rotatable bonds is 0. The molecule has 20 heavy (non-hydrogen) atoms. The number of hydrogen-bond acceptors (Lipinski definition) is 0. The highest BCUT2D eigenvalue weighted by molar-refractivity contribution is 4.79. The molecule has 0 heterocycles. The van der Waals surface area contributed by atoms with E-state index in [2.05, 4.69) is 0 Å². The zero-order valence-corrected chi connectivity index (χ0v) is 13.6. The van der Waals surface area contributed by atoms with Crippen LogP contribution in [0, 0.1) is 23.7 Å². The summed E-state index contributed by atoms with van der Waals surface area (Å²) >= 11 is 0. The van der Waals surface area contributed by atoms with E-state index in [-0.39, 0.29) is 0 Å². The van der Waals surface area contributed by atoms with Gasteiger partial charge < -0.3 is 0 Å². The van der Waals surface area contributed by atoms with Crippen LogP contribution in [0.4, 0.5) is 0 Å². The Bertz CT molecular complexity index is 189. The largest absolute Gasteiger partial charge is 0.0530 e. The molecule has 4 rings (SSSR count). The van der Waals surface area contributed by atoms with Crippen LogP contribution in [0.5, 0.6) is 0 Å². The van der Waals surface area contributed by atoms with Gasteiger partial charge in [0.2, 0.25) is 0 Å². The van der Waals surface area contributed by atoms with Crippen LogP contribution in [0.15, 0.2) is 0 Å². The Morgan fingerprint density at radius 2 is 0.400 bits per heavy atom. The zero-order chi connectivity index (χ0) is 13.6. The van der Waals surface area contributed by atoms with Crippen molar-refractivity contribution in [3.05, 3.63) is 0 Å². The average Bonchev–Trinajstić information content (AvgIpc) is 2.56. The molecule has 0 aliphatic heterocycles. The van der Waals surface area contributed by atoms with Crippen molar-refractivity contribution in [2.75, 3.05) is 0 Å². The van der Waals surface area contributed by atoms with Crippen LogP contribution in [0.1, 0.15) is 103 Å². The monoisotopic (exact) mass is 276 g/mol. The maximum absolute atomic E-state index is 1.56. The van der Waals surface area contributed by atoms with E-state index >= 15 is 0 Å². The van der Waals surface area contributed by atoms with E-state index in [0.29, 0.717) is 0 Å². The Hall–Kier alpha value is 0. The Labute approximate surface area is 127 Å². The van der Waals surface area contributed by atoms with Crippen molar-refractivity contribution in [2.24, 2.45) is 23.7 Å². The minimum atomic E-state index is 1.16. The van der Waals surface area contributed by atoms with Crippen molar-refractivity contribution in [1.29, 1.82) is 0 Å². The summed E-state index contributed by atoms with van der Waals surface area (Å²) in [6.07, 6.45) is 24.7. The molecule has 4 saturated carbocycles. The summed E-state index contributed by atoms with van der Waals surface area (Å²) in [6.45, 7) is 0. The molecule has 0 aromatic heterocycles. The lowest BCUT2D eigenvalue weighted by Gasteiger charge is -2.35. The molecule has 0 aromatic carbocycles. The van der Waals surface area contributed by atoms with E-state index in [1.54, 1.807) is 51.4 Å². The molecule has 4 fully saturated rings. The first-order chi connectivity index (χ1) is 9.93. The van der Waals surface area contributed by atoms with Crippen molar-refractivity contribution in [3.8, 4) is 0 Å². The Kier molecular flexibility index (Phi) is 5.86. The van der Waals surface area contributed by atoms with Crippen molar-refractivity contribution in [2.45, 2.75) is 103 Å². The molecule has 0 aromatic rings. The minimum Gasteiger partial charge on any atom is -0.0530 e. The maximum atomic E-state index is 1.56. The fourth-order valence-corrected chi connectivity index (χ4v) is 5.72. The normalized spacial score (nSPS) is 40.8. The van der Waals surface area contributed by atoms with Gasteiger partial charge in [-0.05, 0) is 23.7 Å². The van der Waals surface area contributed by atoms with Gasteiger partial charge in [0.05, 0.1) is 0 Å². The van der Waals surface area contributed by atoms with Gasteiger partial charge in [0, 0.05) is 0 Å². The van der Waals surface area contributed by atoms with Crippen LogP contribution in [-0.4, -0.2) is 0 Å². The molecule has 116 valence electrons. The van der Waals surface area contributed by atoms with Crippen LogP contribution in [0.2, 0.25) is 0 Å². The van der Waals surface area contributed by atoms with E-state index in [9.17, 15) is 0 Å². The fourth-order valence-electron chi connectivity index (χ4n) is 5.72. The molecule has 0 spiro atoms. The molecule has 0 radical (unpaired) electrons. The van der Waals surface area contributed by atoms with E-state index in [0.717, 1.165) is 23.7 Å². The molecule has 0 atom stereocenters. The molecular weight excluding hydrogens is 240 g/mol.